The summed E-state index contributed by atoms with van der Waals surface area (Å²) in [6, 6.07) is 0. The maximum Gasteiger partial charge on any atom is 0.0900 e. The van der Waals surface area contributed by atoms with Crippen molar-refractivity contribution in [2.45, 2.75) is 109 Å². The fourth-order valence-electron chi connectivity index (χ4n) is 2.95. The lowest BCUT2D eigenvalue weighted by Gasteiger charge is -2.03. The first kappa shape index (κ1) is 20.4. The summed E-state index contributed by atoms with van der Waals surface area (Å²) in [5.74, 6) is 2.58. The first-order valence-electron chi connectivity index (χ1n) is 10.1. The molecule has 1 heterocycles. The Balaban J connectivity index is 1.59. The maximum absolute atomic E-state index is 5.22. The topological polar surface area (TPSA) is 12.5 Å². The van der Waals surface area contributed by atoms with Gasteiger partial charge in [0.15, 0.2) is 0 Å². The minimum absolute atomic E-state index is 0.612. The summed E-state index contributed by atoms with van der Waals surface area (Å²) < 4.78 is 5.22. The highest BCUT2D eigenvalue weighted by Crippen LogP contribution is 2.18. The van der Waals surface area contributed by atoms with Crippen molar-refractivity contribution < 1.29 is 4.74 Å². The van der Waals surface area contributed by atoms with Gasteiger partial charge in [0.25, 0.3) is 0 Å². The van der Waals surface area contributed by atoms with Gasteiger partial charge in [-0.05, 0) is 12.2 Å². The fraction of sp³-hybridized carbons (Fsp3) is 1.00. The summed E-state index contributed by atoms with van der Waals surface area (Å²) in [7, 11) is 0. The molecule has 1 fully saturated rings. The van der Waals surface area contributed by atoms with E-state index in [1.165, 1.54) is 108 Å². The van der Waals surface area contributed by atoms with Gasteiger partial charge in [-0.3, -0.25) is 0 Å². The van der Waals surface area contributed by atoms with Crippen LogP contribution in [-0.2, 0) is 4.74 Å². The molecular weight excluding hydrogens is 288 g/mol. The number of epoxide rings is 1. The van der Waals surface area contributed by atoms with Gasteiger partial charge in [-0.25, -0.2) is 0 Å². The highest BCUT2D eigenvalue weighted by Gasteiger charge is 2.21. The van der Waals surface area contributed by atoms with Crippen LogP contribution in [0.5, 0.6) is 0 Å². The van der Waals surface area contributed by atoms with Crippen molar-refractivity contribution in [2.24, 2.45) is 0 Å². The van der Waals surface area contributed by atoms with E-state index in [-0.39, 0.29) is 0 Å². The molecule has 0 spiro atoms. The molecule has 1 aliphatic rings. The fourth-order valence-corrected chi connectivity index (χ4v) is 3.98. The van der Waals surface area contributed by atoms with Gasteiger partial charge in [0.2, 0.25) is 0 Å². The van der Waals surface area contributed by atoms with Gasteiger partial charge < -0.3 is 4.74 Å². The van der Waals surface area contributed by atoms with Crippen LogP contribution in [0, 0.1) is 0 Å². The van der Waals surface area contributed by atoms with Crippen LogP contribution in [0.1, 0.15) is 103 Å². The lowest BCUT2D eigenvalue weighted by Crippen LogP contribution is -1.91. The molecule has 1 rings (SSSR count). The van der Waals surface area contributed by atoms with Crippen molar-refractivity contribution in [2.75, 3.05) is 18.1 Å². The molecule has 0 aromatic carbocycles. The normalized spacial score (nSPS) is 17.0. The molecule has 1 saturated heterocycles. The molecule has 0 bridgehead atoms. The zero-order valence-electron chi connectivity index (χ0n) is 15.1. The van der Waals surface area contributed by atoms with Crippen molar-refractivity contribution in [1.82, 2.24) is 0 Å². The predicted octanol–water partition coefficient (Wildman–Crippen LogP) is 6.99. The van der Waals surface area contributed by atoms with Crippen LogP contribution in [0.25, 0.3) is 0 Å². The number of rotatable bonds is 18. The van der Waals surface area contributed by atoms with Crippen molar-refractivity contribution in [3.63, 3.8) is 0 Å². The van der Waals surface area contributed by atoms with Gasteiger partial charge in [0.05, 0.1) is 12.7 Å². The third kappa shape index (κ3) is 15.2. The van der Waals surface area contributed by atoms with Crippen LogP contribution in [-0.4, -0.2) is 24.2 Å². The van der Waals surface area contributed by atoms with E-state index in [1.54, 1.807) is 0 Å². The van der Waals surface area contributed by atoms with Crippen molar-refractivity contribution in [3.8, 4) is 0 Å². The van der Waals surface area contributed by atoms with Crippen molar-refractivity contribution >= 4 is 11.8 Å². The van der Waals surface area contributed by atoms with Crippen LogP contribution < -0.4 is 0 Å². The minimum Gasteiger partial charge on any atom is -0.372 e. The summed E-state index contributed by atoms with van der Waals surface area (Å²) >= 11 is 2.08. The summed E-state index contributed by atoms with van der Waals surface area (Å²) in [5, 5.41) is 0. The molecule has 1 nitrogen and oxygen atoms in total. The van der Waals surface area contributed by atoms with E-state index in [9.17, 15) is 0 Å². The van der Waals surface area contributed by atoms with Gasteiger partial charge in [-0.15, -0.1) is 0 Å². The standard InChI is InChI=1S/C20H40OS/c1-2-3-4-5-6-7-8-9-10-11-12-13-14-15-16-17-22-19-20-18-21-20/h20H,2-19H2,1H3. The molecule has 0 saturated carbocycles. The second kappa shape index (κ2) is 16.2. The Labute approximate surface area is 144 Å². The van der Waals surface area contributed by atoms with E-state index in [0.717, 1.165) is 6.61 Å². The molecule has 0 N–H and O–H groups in total. The summed E-state index contributed by atoms with van der Waals surface area (Å²) in [6.45, 7) is 3.31. The van der Waals surface area contributed by atoms with Crippen LogP contribution in [0.3, 0.4) is 0 Å². The van der Waals surface area contributed by atoms with Crippen LogP contribution in [0.2, 0.25) is 0 Å². The molecule has 2 heteroatoms. The monoisotopic (exact) mass is 328 g/mol. The highest BCUT2D eigenvalue weighted by molar-refractivity contribution is 7.99. The Bertz CT molecular complexity index is 216. The molecule has 1 aliphatic heterocycles. The molecule has 1 atom stereocenters. The molecule has 22 heavy (non-hydrogen) atoms. The van der Waals surface area contributed by atoms with E-state index in [4.69, 9.17) is 4.74 Å². The van der Waals surface area contributed by atoms with E-state index in [0.29, 0.717) is 6.10 Å². The minimum atomic E-state index is 0.612. The molecule has 0 aromatic rings. The smallest absolute Gasteiger partial charge is 0.0900 e. The van der Waals surface area contributed by atoms with E-state index in [1.807, 2.05) is 0 Å². The Kier molecular flexibility index (Phi) is 15.0. The number of thioether (sulfide) groups is 1. The number of hydrogen-bond donors (Lipinski definition) is 0. The highest BCUT2D eigenvalue weighted by atomic mass is 32.2. The van der Waals surface area contributed by atoms with Gasteiger partial charge >= 0.3 is 0 Å². The lowest BCUT2D eigenvalue weighted by molar-refractivity contribution is 0.426. The molecule has 0 amide bonds. The predicted molar refractivity (Wildman–Crippen MR) is 102 cm³/mol. The number of hydrogen-bond acceptors (Lipinski definition) is 2. The van der Waals surface area contributed by atoms with Crippen LogP contribution in [0.4, 0.5) is 0 Å². The summed E-state index contributed by atoms with van der Waals surface area (Å²) in [4.78, 5) is 0. The summed E-state index contributed by atoms with van der Waals surface area (Å²) in [5.41, 5.74) is 0. The third-order valence-electron chi connectivity index (χ3n) is 4.60. The van der Waals surface area contributed by atoms with E-state index < -0.39 is 0 Å². The van der Waals surface area contributed by atoms with Gasteiger partial charge in [-0.1, -0.05) is 96.8 Å². The zero-order chi connectivity index (χ0) is 15.7. The number of ether oxygens (including phenoxy) is 1. The van der Waals surface area contributed by atoms with Crippen molar-refractivity contribution in [1.29, 1.82) is 0 Å². The Morgan fingerprint density at radius 1 is 0.682 bits per heavy atom. The molecule has 1 unspecified atom stereocenters. The quantitative estimate of drug-likeness (QED) is 0.198. The van der Waals surface area contributed by atoms with E-state index >= 15 is 0 Å². The average molecular weight is 329 g/mol. The van der Waals surface area contributed by atoms with E-state index in [2.05, 4.69) is 18.7 Å². The van der Waals surface area contributed by atoms with Crippen LogP contribution >= 0.6 is 11.8 Å². The number of unbranched alkanes of at least 4 members (excludes halogenated alkanes) is 14. The third-order valence-corrected chi connectivity index (χ3v) is 5.78. The van der Waals surface area contributed by atoms with Crippen molar-refractivity contribution in [3.05, 3.63) is 0 Å². The molecule has 132 valence electrons. The molecule has 0 aromatic heterocycles. The second-order valence-electron chi connectivity index (χ2n) is 6.98. The molecular formula is C20H40OS. The lowest BCUT2D eigenvalue weighted by atomic mass is 10.0. The maximum atomic E-state index is 5.22. The Morgan fingerprint density at radius 2 is 1.09 bits per heavy atom. The largest absolute Gasteiger partial charge is 0.372 e. The molecule has 0 aliphatic carbocycles. The van der Waals surface area contributed by atoms with Gasteiger partial charge in [0, 0.05) is 5.75 Å². The average Bonchev–Trinajstić information content (AvgIpc) is 3.34. The second-order valence-corrected chi connectivity index (χ2v) is 8.13. The first-order valence-corrected chi connectivity index (χ1v) is 11.3. The zero-order valence-corrected chi connectivity index (χ0v) is 15.9. The Hall–Kier alpha value is 0.310. The van der Waals surface area contributed by atoms with Gasteiger partial charge in [0.1, 0.15) is 0 Å². The Morgan fingerprint density at radius 3 is 1.50 bits per heavy atom. The SMILES string of the molecule is CCCCCCCCCCCCCCCCCSCC1CO1. The van der Waals surface area contributed by atoms with Gasteiger partial charge in [-0.2, -0.15) is 11.8 Å². The van der Waals surface area contributed by atoms with Crippen LogP contribution in [0.15, 0.2) is 0 Å². The summed E-state index contributed by atoms with van der Waals surface area (Å²) in [6.07, 6.45) is 22.5. The molecule has 0 radical (unpaired) electrons. The first-order chi connectivity index (χ1) is 10.9.